The minimum atomic E-state index is -0.147. The maximum Gasteiger partial charge on any atom is 0.0594 e. The van der Waals surface area contributed by atoms with Crippen LogP contribution in [0.5, 0.6) is 0 Å². The van der Waals surface area contributed by atoms with Crippen LogP contribution in [0.15, 0.2) is 23.3 Å². The zero-order valence-electron chi connectivity index (χ0n) is 21.7. The quantitative estimate of drug-likeness (QED) is 0.450. The van der Waals surface area contributed by atoms with Crippen LogP contribution >= 0.6 is 0 Å². The molecule has 176 valence electrons. The van der Waals surface area contributed by atoms with E-state index in [1.165, 1.54) is 56.9 Å². The highest BCUT2D eigenvalue weighted by Gasteiger charge is 2.56. The molecular formula is C30H50O. The average molecular weight is 427 g/mol. The summed E-state index contributed by atoms with van der Waals surface area (Å²) in [5.74, 6) is 3.68. The predicted octanol–water partition coefficient (Wildman–Crippen LogP) is 8.34. The molecule has 3 fully saturated rings. The lowest BCUT2D eigenvalue weighted by atomic mass is 9.46. The summed E-state index contributed by atoms with van der Waals surface area (Å²) in [6.45, 7) is 21.9. The summed E-state index contributed by atoms with van der Waals surface area (Å²) < 4.78 is 0. The Labute approximate surface area is 193 Å². The Hall–Kier alpha value is -0.560. The van der Waals surface area contributed by atoms with Crippen molar-refractivity contribution in [1.82, 2.24) is 0 Å². The van der Waals surface area contributed by atoms with Crippen molar-refractivity contribution >= 4 is 0 Å². The molecule has 8 atom stereocenters. The van der Waals surface area contributed by atoms with E-state index >= 15 is 0 Å². The molecule has 1 heteroatoms. The van der Waals surface area contributed by atoms with E-state index in [1.54, 1.807) is 5.57 Å². The first-order valence-corrected chi connectivity index (χ1v) is 13.5. The molecule has 0 saturated heterocycles. The maximum atomic E-state index is 10.8. The fourth-order valence-electron chi connectivity index (χ4n) is 9.22. The Balaban J connectivity index is 1.59. The molecule has 8 unspecified atom stereocenters. The molecule has 0 aromatic carbocycles. The van der Waals surface area contributed by atoms with E-state index in [1.807, 2.05) is 5.57 Å². The zero-order valence-corrected chi connectivity index (χ0v) is 21.7. The molecule has 4 rings (SSSR count). The number of hydrogen-bond acceptors (Lipinski definition) is 1. The Kier molecular flexibility index (Phi) is 6.11. The first-order valence-electron chi connectivity index (χ1n) is 13.5. The molecule has 0 amide bonds. The molecule has 0 aromatic heterocycles. The van der Waals surface area contributed by atoms with Crippen LogP contribution in [0.2, 0.25) is 0 Å². The molecule has 3 saturated carbocycles. The van der Waals surface area contributed by atoms with Crippen LogP contribution in [0.25, 0.3) is 0 Å². The van der Waals surface area contributed by atoms with Gasteiger partial charge >= 0.3 is 0 Å². The second-order valence-corrected chi connectivity index (χ2v) is 13.5. The lowest BCUT2D eigenvalue weighted by molar-refractivity contribution is -0.125. The van der Waals surface area contributed by atoms with Crippen LogP contribution in [0.4, 0.5) is 0 Å². The monoisotopic (exact) mass is 426 g/mol. The Morgan fingerprint density at radius 2 is 1.68 bits per heavy atom. The van der Waals surface area contributed by atoms with E-state index in [0.29, 0.717) is 22.7 Å². The predicted molar refractivity (Wildman–Crippen MR) is 133 cm³/mol. The smallest absolute Gasteiger partial charge is 0.0594 e. The van der Waals surface area contributed by atoms with Gasteiger partial charge in [-0.25, -0.2) is 0 Å². The minimum absolute atomic E-state index is 0.0257. The van der Waals surface area contributed by atoms with Gasteiger partial charge in [-0.2, -0.15) is 0 Å². The SMILES string of the molecule is C=C1CCC2C(C)(C)C(O)CCC2(C)C1CCC1=C(C)CCC2(C)CCC(C)C(C)C12. The Morgan fingerprint density at radius 1 is 0.968 bits per heavy atom. The van der Waals surface area contributed by atoms with Crippen LogP contribution in [-0.2, 0) is 0 Å². The van der Waals surface area contributed by atoms with Gasteiger partial charge in [0.05, 0.1) is 6.10 Å². The van der Waals surface area contributed by atoms with Crippen LogP contribution in [0.3, 0.4) is 0 Å². The summed E-state index contributed by atoms with van der Waals surface area (Å²) in [5, 5.41) is 10.8. The molecule has 0 radical (unpaired) electrons. The molecule has 0 heterocycles. The third-order valence-corrected chi connectivity index (χ3v) is 11.6. The van der Waals surface area contributed by atoms with Crippen LogP contribution in [0.1, 0.15) is 113 Å². The molecular weight excluding hydrogens is 376 g/mol. The highest BCUT2D eigenvalue weighted by Crippen LogP contribution is 2.63. The summed E-state index contributed by atoms with van der Waals surface area (Å²) in [6, 6.07) is 0. The topological polar surface area (TPSA) is 20.2 Å². The number of aliphatic hydroxyl groups excluding tert-OH is 1. The molecule has 1 nitrogen and oxygen atoms in total. The summed E-state index contributed by atoms with van der Waals surface area (Å²) >= 11 is 0. The van der Waals surface area contributed by atoms with Gasteiger partial charge in [0.15, 0.2) is 0 Å². The highest BCUT2D eigenvalue weighted by atomic mass is 16.3. The molecule has 31 heavy (non-hydrogen) atoms. The molecule has 4 aliphatic rings. The normalized spacial score (nSPS) is 47.7. The summed E-state index contributed by atoms with van der Waals surface area (Å²) in [4.78, 5) is 0. The zero-order chi connectivity index (χ0) is 22.8. The number of aliphatic hydroxyl groups is 1. The van der Waals surface area contributed by atoms with E-state index in [-0.39, 0.29) is 11.5 Å². The molecule has 1 N–H and O–H groups in total. The van der Waals surface area contributed by atoms with Gasteiger partial charge in [0.25, 0.3) is 0 Å². The van der Waals surface area contributed by atoms with Crippen molar-refractivity contribution in [2.75, 3.05) is 0 Å². The number of fused-ring (bicyclic) bond motifs is 2. The summed E-state index contributed by atoms with van der Waals surface area (Å²) in [6.07, 6.45) is 12.4. The molecule has 0 spiro atoms. The van der Waals surface area contributed by atoms with E-state index in [4.69, 9.17) is 0 Å². The van der Waals surface area contributed by atoms with Crippen LogP contribution in [0, 0.1) is 45.8 Å². The van der Waals surface area contributed by atoms with Crippen molar-refractivity contribution < 1.29 is 5.11 Å². The van der Waals surface area contributed by atoms with E-state index < -0.39 is 0 Å². The van der Waals surface area contributed by atoms with E-state index in [0.717, 1.165) is 30.6 Å². The van der Waals surface area contributed by atoms with Crippen molar-refractivity contribution in [1.29, 1.82) is 0 Å². The van der Waals surface area contributed by atoms with Gasteiger partial charge in [-0.1, -0.05) is 64.8 Å². The molecule has 0 aromatic rings. The lowest BCUT2D eigenvalue weighted by Gasteiger charge is -2.59. The largest absolute Gasteiger partial charge is 0.393 e. The van der Waals surface area contributed by atoms with Crippen molar-refractivity contribution in [3.63, 3.8) is 0 Å². The third kappa shape index (κ3) is 3.70. The van der Waals surface area contributed by atoms with Crippen LogP contribution in [-0.4, -0.2) is 11.2 Å². The fourth-order valence-corrected chi connectivity index (χ4v) is 9.22. The maximum absolute atomic E-state index is 10.8. The van der Waals surface area contributed by atoms with Gasteiger partial charge in [0, 0.05) is 0 Å². The standard InChI is InChI=1S/C30H50O/c1-19-13-16-29(7)17-14-20(2)23(27(29)22(19)4)10-11-24-21(3)9-12-25-28(5,6)26(31)15-18-30(24,25)8/h19,22,24-27,31H,3,9-18H2,1-2,4-8H3. The first kappa shape index (κ1) is 23.6. The second kappa shape index (κ2) is 8.03. The molecule has 0 aliphatic heterocycles. The summed E-state index contributed by atoms with van der Waals surface area (Å²) in [7, 11) is 0. The summed E-state index contributed by atoms with van der Waals surface area (Å²) in [5.41, 5.74) is 5.90. The Bertz CT molecular complexity index is 744. The van der Waals surface area contributed by atoms with E-state index in [9.17, 15) is 5.11 Å². The lowest BCUT2D eigenvalue weighted by Crippen LogP contribution is -2.54. The van der Waals surface area contributed by atoms with Crippen LogP contribution < -0.4 is 0 Å². The first-order chi connectivity index (χ1) is 14.4. The van der Waals surface area contributed by atoms with Gasteiger partial charge in [-0.05, 0) is 117 Å². The highest BCUT2D eigenvalue weighted by molar-refractivity contribution is 5.26. The Morgan fingerprint density at radius 3 is 2.39 bits per heavy atom. The van der Waals surface area contributed by atoms with Crippen molar-refractivity contribution in [2.24, 2.45) is 45.8 Å². The fraction of sp³-hybridized carbons (Fsp3) is 0.867. The van der Waals surface area contributed by atoms with Crippen molar-refractivity contribution in [2.45, 2.75) is 119 Å². The second-order valence-electron chi connectivity index (χ2n) is 13.5. The van der Waals surface area contributed by atoms with Gasteiger partial charge < -0.3 is 5.11 Å². The number of hydrogen-bond donors (Lipinski definition) is 1. The molecule has 4 aliphatic carbocycles. The number of allylic oxidation sites excluding steroid dienone is 3. The van der Waals surface area contributed by atoms with E-state index in [2.05, 4.69) is 55.0 Å². The number of rotatable bonds is 3. The third-order valence-electron chi connectivity index (χ3n) is 11.6. The van der Waals surface area contributed by atoms with Gasteiger partial charge in [-0.15, -0.1) is 0 Å². The van der Waals surface area contributed by atoms with Gasteiger partial charge in [0.1, 0.15) is 0 Å². The minimum Gasteiger partial charge on any atom is -0.393 e. The van der Waals surface area contributed by atoms with Gasteiger partial charge in [-0.3, -0.25) is 0 Å². The average Bonchev–Trinajstić information content (AvgIpc) is 2.70. The van der Waals surface area contributed by atoms with Gasteiger partial charge in [0.2, 0.25) is 0 Å². The van der Waals surface area contributed by atoms with Crippen molar-refractivity contribution in [3.8, 4) is 0 Å². The molecule has 0 bridgehead atoms. The van der Waals surface area contributed by atoms with Crippen molar-refractivity contribution in [3.05, 3.63) is 23.3 Å².